The molecule has 0 aromatic heterocycles. The Morgan fingerprint density at radius 1 is 1.20 bits per heavy atom. The molecule has 1 aliphatic rings. The first-order valence-electron chi connectivity index (χ1n) is 7.81. The molecule has 1 aliphatic carbocycles. The van der Waals surface area contributed by atoms with Gasteiger partial charge in [0.2, 0.25) is 0 Å². The molecule has 0 aliphatic heterocycles. The summed E-state index contributed by atoms with van der Waals surface area (Å²) < 4.78 is 5.66. The van der Waals surface area contributed by atoms with Crippen molar-refractivity contribution in [2.45, 2.75) is 71.8 Å². The van der Waals surface area contributed by atoms with Gasteiger partial charge in [0.05, 0.1) is 0 Å². The summed E-state index contributed by atoms with van der Waals surface area (Å²) in [7, 11) is 0. The van der Waals surface area contributed by atoms with Crippen LogP contribution in [0.25, 0.3) is 0 Å². The van der Waals surface area contributed by atoms with Gasteiger partial charge in [0, 0.05) is 12.8 Å². The fourth-order valence-corrected chi connectivity index (χ4v) is 3.02. The van der Waals surface area contributed by atoms with Crippen LogP contribution in [0.15, 0.2) is 0 Å². The number of hydrogen-bond donors (Lipinski definition) is 1. The molecule has 1 fully saturated rings. The Bertz CT molecular complexity index is 324. The standard InChI is InChI=1S/C16H28O4/c1-11(2)13-9-8-12(3)10-14(13)20-16(19)7-5-4-6-15(17)18/h11-14H,4-10H2,1-3H3,(H,17,18). The van der Waals surface area contributed by atoms with Gasteiger partial charge in [0.15, 0.2) is 0 Å². The third-order valence-electron chi connectivity index (χ3n) is 4.27. The van der Waals surface area contributed by atoms with E-state index in [0.717, 1.165) is 12.8 Å². The Morgan fingerprint density at radius 3 is 2.45 bits per heavy atom. The van der Waals surface area contributed by atoms with E-state index in [-0.39, 0.29) is 18.5 Å². The van der Waals surface area contributed by atoms with Crippen molar-refractivity contribution >= 4 is 11.9 Å². The minimum Gasteiger partial charge on any atom is -0.481 e. The molecule has 0 amide bonds. The molecule has 3 unspecified atom stereocenters. The van der Waals surface area contributed by atoms with Crippen LogP contribution < -0.4 is 0 Å². The Hall–Kier alpha value is -1.06. The lowest BCUT2D eigenvalue weighted by Gasteiger charge is -2.36. The summed E-state index contributed by atoms with van der Waals surface area (Å²) >= 11 is 0. The van der Waals surface area contributed by atoms with Crippen LogP contribution in [0.3, 0.4) is 0 Å². The fraction of sp³-hybridized carbons (Fsp3) is 0.875. The van der Waals surface area contributed by atoms with Gasteiger partial charge in [-0.3, -0.25) is 9.59 Å². The topological polar surface area (TPSA) is 63.6 Å². The summed E-state index contributed by atoms with van der Waals surface area (Å²) in [6.45, 7) is 6.59. The molecular weight excluding hydrogens is 256 g/mol. The van der Waals surface area contributed by atoms with E-state index in [1.165, 1.54) is 6.42 Å². The third kappa shape index (κ3) is 5.93. The molecule has 3 atom stereocenters. The highest BCUT2D eigenvalue weighted by molar-refractivity contribution is 5.70. The quantitative estimate of drug-likeness (QED) is 0.572. The number of unbranched alkanes of at least 4 members (excludes halogenated alkanes) is 1. The molecule has 20 heavy (non-hydrogen) atoms. The van der Waals surface area contributed by atoms with Crippen molar-refractivity contribution in [3.63, 3.8) is 0 Å². The monoisotopic (exact) mass is 284 g/mol. The van der Waals surface area contributed by atoms with Crippen molar-refractivity contribution in [1.82, 2.24) is 0 Å². The summed E-state index contributed by atoms with van der Waals surface area (Å²) in [6.07, 6.45) is 4.96. The van der Waals surface area contributed by atoms with Crippen LogP contribution >= 0.6 is 0 Å². The molecular formula is C16H28O4. The van der Waals surface area contributed by atoms with Gasteiger partial charge in [-0.25, -0.2) is 0 Å². The maximum atomic E-state index is 11.9. The van der Waals surface area contributed by atoms with Crippen molar-refractivity contribution in [2.24, 2.45) is 17.8 Å². The molecule has 4 heteroatoms. The maximum absolute atomic E-state index is 11.9. The lowest BCUT2D eigenvalue weighted by Crippen LogP contribution is -2.35. The van der Waals surface area contributed by atoms with Gasteiger partial charge >= 0.3 is 11.9 Å². The number of carboxylic acids is 1. The van der Waals surface area contributed by atoms with Crippen molar-refractivity contribution < 1.29 is 19.4 Å². The first-order chi connectivity index (χ1) is 9.40. The molecule has 1 N–H and O–H groups in total. The Morgan fingerprint density at radius 2 is 1.85 bits per heavy atom. The zero-order chi connectivity index (χ0) is 15.1. The average Bonchev–Trinajstić information content (AvgIpc) is 2.34. The van der Waals surface area contributed by atoms with Gasteiger partial charge in [-0.05, 0) is 43.4 Å². The highest BCUT2D eigenvalue weighted by Gasteiger charge is 2.33. The highest BCUT2D eigenvalue weighted by atomic mass is 16.5. The smallest absolute Gasteiger partial charge is 0.306 e. The van der Waals surface area contributed by atoms with E-state index >= 15 is 0 Å². The Balaban J connectivity index is 2.35. The molecule has 0 spiro atoms. The van der Waals surface area contributed by atoms with E-state index in [0.29, 0.717) is 37.0 Å². The summed E-state index contributed by atoms with van der Waals surface area (Å²) in [6, 6.07) is 0. The molecule has 0 aromatic rings. The summed E-state index contributed by atoms with van der Waals surface area (Å²) in [5.41, 5.74) is 0. The van der Waals surface area contributed by atoms with E-state index in [9.17, 15) is 9.59 Å². The molecule has 116 valence electrons. The number of carbonyl (C=O) groups excluding carboxylic acids is 1. The van der Waals surface area contributed by atoms with Gasteiger partial charge < -0.3 is 9.84 Å². The molecule has 0 bridgehead atoms. The molecule has 0 aromatic carbocycles. The van der Waals surface area contributed by atoms with Crippen LogP contribution in [0.1, 0.15) is 65.7 Å². The average molecular weight is 284 g/mol. The van der Waals surface area contributed by atoms with Gasteiger partial charge in [-0.2, -0.15) is 0 Å². The van der Waals surface area contributed by atoms with E-state index in [4.69, 9.17) is 9.84 Å². The van der Waals surface area contributed by atoms with Crippen LogP contribution in [-0.2, 0) is 14.3 Å². The lowest BCUT2D eigenvalue weighted by molar-refractivity contribution is -0.156. The molecule has 4 nitrogen and oxygen atoms in total. The minimum atomic E-state index is -0.806. The second-order valence-corrected chi connectivity index (χ2v) is 6.46. The van der Waals surface area contributed by atoms with Gasteiger partial charge in [-0.1, -0.05) is 27.2 Å². The molecule has 1 rings (SSSR count). The Labute approximate surface area is 121 Å². The maximum Gasteiger partial charge on any atom is 0.306 e. The number of aliphatic carboxylic acids is 1. The predicted molar refractivity (Wildman–Crippen MR) is 77.3 cm³/mol. The summed E-state index contributed by atoms with van der Waals surface area (Å²) in [5, 5.41) is 8.55. The summed E-state index contributed by atoms with van der Waals surface area (Å²) in [4.78, 5) is 22.3. The zero-order valence-corrected chi connectivity index (χ0v) is 12.9. The minimum absolute atomic E-state index is 0.0470. The number of carbonyl (C=O) groups is 2. The number of hydrogen-bond acceptors (Lipinski definition) is 3. The molecule has 0 radical (unpaired) electrons. The van der Waals surface area contributed by atoms with Gasteiger partial charge in [-0.15, -0.1) is 0 Å². The second-order valence-electron chi connectivity index (χ2n) is 6.46. The highest BCUT2D eigenvalue weighted by Crippen LogP contribution is 2.35. The van der Waals surface area contributed by atoms with Crippen molar-refractivity contribution in [3.8, 4) is 0 Å². The number of esters is 1. The molecule has 0 heterocycles. The Kier molecular flexibility index (Phi) is 7.03. The van der Waals surface area contributed by atoms with Crippen LogP contribution in [0, 0.1) is 17.8 Å². The van der Waals surface area contributed by atoms with Crippen LogP contribution in [0.5, 0.6) is 0 Å². The van der Waals surface area contributed by atoms with E-state index in [1.54, 1.807) is 0 Å². The van der Waals surface area contributed by atoms with E-state index in [2.05, 4.69) is 20.8 Å². The molecule has 1 saturated carbocycles. The van der Waals surface area contributed by atoms with Crippen LogP contribution in [0.2, 0.25) is 0 Å². The number of rotatable bonds is 7. The molecule has 0 saturated heterocycles. The van der Waals surface area contributed by atoms with E-state index in [1.807, 2.05) is 0 Å². The van der Waals surface area contributed by atoms with Crippen molar-refractivity contribution in [3.05, 3.63) is 0 Å². The predicted octanol–water partition coefficient (Wildman–Crippen LogP) is 3.64. The SMILES string of the molecule is CC1CCC(C(C)C)C(OC(=O)CCCCC(=O)O)C1. The van der Waals surface area contributed by atoms with Crippen LogP contribution in [-0.4, -0.2) is 23.1 Å². The lowest BCUT2D eigenvalue weighted by atomic mass is 9.75. The van der Waals surface area contributed by atoms with Crippen molar-refractivity contribution in [2.75, 3.05) is 0 Å². The first-order valence-corrected chi connectivity index (χ1v) is 7.81. The van der Waals surface area contributed by atoms with Crippen LogP contribution in [0.4, 0.5) is 0 Å². The fourth-order valence-electron chi connectivity index (χ4n) is 3.02. The third-order valence-corrected chi connectivity index (χ3v) is 4.27. The van der Waals surface area contributed by atoms with Gasteiger partial charge in [0.25, 0.3) is 0 Å². The number of carboxylic acid groups (broad SMARTS) is 1. The zero-order valence-electron chi connectivity index (χ0n) is 12.9. The largest absolute Gasteiger partial charge is 0.481 e. The second kappa shape index (κ2) is 8.28. The number of ether oxygens (including phenoxy) is 1. The first kappa shape index (κ1) is 17.0. The summed E-state index contributed by atoms with van der Waals surface area (Å²) in [5.74, 6) is 0.649. The van der Waals surface area contributed by atoms with E-state index < -0.39 is 5.97 Å². The van der Waals surface area contributed by atoms with Gasteiger partial charge in [0.1, 0.15) is 6.10 Å². The van der Waals surface area contributed by atoms with Crippen molar-refractivity contribution in [1.29, 1.82) is 0 Å². The normalized spacial score (nSPS) is 26.5.